The third-order valence-electron chi connectivity index (χ3n) is 3.17. The lowest BCUT2D eigenvalue weighted by Gasteiger charge is -2.15. The molecule has 0 aliphatic rings. The van der Waals surface area contributed by atoms with E-state index in [-0.39, 0.29) is 5.41 Å². The standard InChI is InChI=1S/C16H22N2O3/c1-16(2,11-17)8-4-5-9-21-14-10-12(18)6-7-13(14)15(19)20-3/h6-7,10H,4-5,8-9,18H2,1-3H3. The Morgan fingerprint density at radius 2 is 2.10 bits per heavy atom. The maximum absolute atomic E-state index is 11.6. The summed E-state index contributed by atoms with van der Waals surface area (Å²) >= 11 is 0. The van der Waals surface area contributed by atoms with Crippen molar-refractivity contribution in [2.24, 2.45) is 5.41 Å². The predicted octanol–water partition coefficient (Wildman–Crippen LogP) is 3.15. The minimum Gasteiger partial charge on any atom is -0.493 e. The molecule has 0 spiro atoms. The van der Waals surface area contributed by atoms with E-state index in [4.69, 9.17) is 20.5 Å². The first-order chi connectivity index (χ1) is 9.89. The summed E-state index contributed by atoms with van der Waals surface area (Å²) in [5, 5.41) is 8.94. The average molecular weight is 290 g/mol. The van der Waals surface area contributed by atoms with Crippen LogP contribution in [-0.2, 0) is 4.74 Å². The predicted molar refractivity (Wildman–Crippen MR) is 80.9 cm³/mol. The number of ether oxygens (including phenoxy) is 2. The molecule has 0 saturated carbocycles. The van der Waals surface area contributed by atoms with Gasteiger partial charge in [-0.2, -0.15) is 5.26 Å². The molecule has 0 heterocycles. The van der Waals surface area contributed by atoms with E-state index in [2.05, 4.69) is 6.07 Å². The Kier molecular flexibility index (Phi) is 6.04. The Bertz CT molecular complexity index is 533. The number of nitrogens with zero attached hydrogens (tertiary/aromatic N) is 1. The first-order valence-electron chi connectivity index (χ1n) is 6.91. The van der Waals surface area contributed by atoms with Gasteiger partial charge in [-0.3, -0.25) is 0 Å². The van der Waals surface area contributed by atoms with Gasteiger partial charge in [-0.05, 0) is 45.2 Å². The van der Waals surface area contributed by atoms with Gasteiger partial charge in [0.1, 0.15) is 11.3 Å². The van der Waals surface area contributed by atoms with E-state index in [1.54, 1.807) is 18.2 Å². The first kappa shape index (κ1) is 16.8. The van der Waals surface area contributed by atoms with Gasteiger partial charge in [0.25, 0.3) is 0 Å². The second-order valence-corrected chi connectivity index (χ2v) is 5.55. The van der Waals surface area contributed by atoms with Crippen LogP contribution in [-0.4, -0.2) is 19.7 Å². The van der Waals surface area contributed by atoms with Gasteiger partial charge in [0.05, 0.1) is 25.2 Å². The lowest BCUT2D eigenvalue weighted by atomic mass is 9.89. The highest BCUT2D eigenvalue weighted by Gasteiger charge is 2.16. The number of hydrogen-bond donors (Lipinski definition) is 1. The average Bonchev–Trinajstić information content (AvgIpc) is 2.46. The second-order valence-electron chi connectivity index (χ2n) is 5.55. The van der Waals surface area contributed by atoms with Crippen molar-refractivity contribution in [3.63, 3.8) is 0 Å². The molecule has 0 aliphatic carbocycles. The Morgan fingerprint density at radius 3 is 2.71 bits per heavy atom. The van der Waals surface area contributed by atoms with Crippen LogP contribution in [0.5, 0.6) is 5.75 Å². The summed E-state index contributed by atoms with van der Waals surface area (Å²) in [5.74, 6) is -0.0167. The van der Waals surface area contributed by atoms with Crippen LogP contribution in [0.3, 0.4) is 0 Å². The Labute approximate surface area is 125 Å². The number of carbonyl (C=O) groups is 1. The molecule has 1 aromatic rings. The summed E-state index contributed by atoms with van der Waals surface area (Å²) in [6.45, 7) is 4.30. The van der Waals surface area contributed by atoms with Crippen molar-refractivity contribution in [2.45, 2.75) is 33.1 Å². The molecule has 114 valence electrons. The number of benzene rings is 1. The van der Waals surface area contributed by atoms with Gasteiger partial charge in [0.2, 0.25) is 0 Å². The zero-order valence-electron chi connectivity index (χ0n) is 12.8. The molecule has 5 heteroatoms. The van der Waals surface area contributed by atoms with Gasteiger partial charge in [-0.25, -0.2) is 4.79 Å². The summed E-state index contributed by atoms with van der Waals surface area (Å²) in [6, 6.07) is 7.11. The normalized spacial score (nSPS) is 10.8. The molecule has 2 N–H and O–H groups in total. The van der Waals surface area contributed by atoms with E-state index >= 15 is 0 Å². The van der Waals surface area contributed by atoms with Crippen LogP contribution in [0.25, 0.3) is 0 Å². The fourth-order valence-corrected chi connectivity index (χ4v) is 1.84. The number of hydrogen-bond acceptors (Lipinski definition) is 5. The number of nitrogen functional groups attached to an aromatic ring is 1. The summed E-state index contributed by atoms with van der Waals surface area (Å²) in [6.07, 6.45) is 2.50. The van der Waals surface area contributed by atoms with Crippen molar-refractivity contribution in [1.82, 2.24) is 0 Å². The maximum atomic E-state index is 11.6. The summed E-state index contributed by atoms with van der Waals surface area (Å²) < 4.78 is 10.3. The molecule has 21 heavy (non-hydrogen) atoms. The Balaban J connectivity index is 2.54. The summed E-state index contributed by atoms with van der Waals surface area (Å²) in [7, 11) is 1.33. The smallest absolute Gasteiger partial charge is 0.341 e. The second kappa shape index (κ2) is 7.53. The monoisotopic (exact) mass is 290 g/mol. The van der Waals surface area contributed by atoms with Crippen molar-refractivity contribution in [1.29, 1.82) is 5.26 Å². The van der Waals surface area contributed by atoms with Crippen LogP contribution in [0.15, 0.2) is 18.2 Å². The van der Waals surface area contributed by atoms with Crippen LogP contribution in [0.2, 0.25) is 0 Å². The number of rotatable bonds is 7. The molecular weight excluding hydrogens is 268 g/mol. The maximum Gasteiger partial charge on any atom is 0.341 e. The zero-order chi connectivity index (χ0) is 15.9. The minimum atomic E-state index is -0.449. The quantitative estimate of drug-likeness (QED) is 0.473. The Morgan fingerprint density at radius 1 is 1.38 bits per heavy atom. The van der Waals surface area contributed by atoms with Crippen LogP contribution in [0.1, 0.15) is 43.5 Å². The molecule has 0 saturated heterocycles. The van der Waals surface area contributed by atoms with Gasteiger partial charge >= 0.3 is 5.97 Å². The molecule has 0 aromatic heterocycles. The molecular formula is C16H22N2O3. The fourth-order valence-electron chi connectivity index (χ4n) is 1.84. The molecule has 1 rings (SSSR count). The van der Waals surface area contributed by atoms with Gasteiger partial charge in [0.15, 0.2) is 0 Å². The fraction of sp³-hybridized carbons (Fsp3) is 0.500. The molecule has 0 atom stereocenters. The van der Waals surface area contributed by atoms with Crippen LogP contribution >= 0.6 is 0 Å². The molecule has 0 aliphatic heterocycles. The minimum absolute atomic E-state index is 0.311. The number of methoxy groups -OCH3 is 1. The highest BCUT2D eigenvalue weighted by Crippen LogP contribution is 2.24. The molecule has 0 bridgehead atoms. The zero-order valence-corrected chi connectivity index (χ0v) is 12.8. The number of carbonyl (C=O) groups excluding carboxylic acids is 1. The highest BCUT2D eigenvalue weighted by atomic mass is 16.5. The van der Waals surface area contributed by atoms with Crippen molar-refractivity contribution < 1.29 is 14.3 Å². The van der Waals surface area contributed by atoms with E-state index in [0.29, 0.717) is 23.6 Å². The number of esters is 1. The van der Waals surface area contributed by atoms with E-state index < -0.39 is 5.97 Å². The number of nitriles is 1. The van der Waals surface area contributed by atoms with Gasteiger partial charge < -0.3 is 15.2 Å². The molecule has 0 unspecified atom stereocenters. The largest absolute Gasteiger partial charge is 0.493 e. The van der Waals surface area contributed by atoms with Crippen LogP contribution in [0, 0.1) is 16.7 Å². The van der Waals surface area contributed by atoms with Crippen LogP contribution < -0.4 is 10.5 Å². The van der Waals surface area contributed by atoms with Crippen molar-refractivity contribution in [3.05, 3.63) is 23.8 Å². The van der Waals surface area contributed by atoms with E-state index in [1.807, 2.05) is 13.8 Å². The highest BCUT2D eigenvalue weighted by molar-refractivity contribution is 5.93. The molecule has 0 fully saturated rings. The van der Waals surface area contributed by atoms with Gasteiger partial charge in [0, 0.05) is 11.8 Å². The van der Waals surface area contributed by atoms with E-state index in [9.17, 15) is 4.79 Å². The number of unbranched alkanes of at least 4 members (excludes halogenated alkanes) is 1. The topological polar surface area (TPSA) is 85.3 Å². The van der Waals surface area contributed by atoms with Crippen LogP contribution in [0.4, 0.5) is 5.69 Å². The number of anilines is 1. The number of nitrogens with two attached hydrogens (primary N) is 1. The van der Waals surface area contributed by atoms with Crippen molar-refractivity contribution >= 4 is 11.7 Å². The molecule has 1 aromatic carbocycles. The third-order valence-corrected chi connectivity index (χ3v) is 3.17. The molecule has 0 amide bonds. The summed E-state index contributed by atoms with van der Waals surface area (Å²) in [4.78, 5) is 11.6. The van der Waals surface area contributed by atoms with Gasteiger partial charge in [-0.1, -0.05) is 0 Å². The first-order valence-corrected chi connectivity index (χ1v) is 6.91. The van der Waals surface area contributed by atoms with Gasteiger partial charge in [-0.15, -0.1) is 0 Å². The van der Waals surface area contributed by atoms with Crippen molar-refractivity contribution in [3.8, 4) is 11.8 Å². The van der Waals surface area contributed by atoms with E-state index in [1.165, 1.54) is 7.11 Å². The SMILES string of the molecule is COC(=O)c1ccc(N)cc1OCCCCC(C)(C)C#N. The lowest BCUT2D eigenvalue weighted by Crippen LogP contribution is -2.10. The Hall–Kier alpha value is -2.22. The molecule has 0 radical (unpaired) electrons. The van der Waals surface area contributed by atoms with Crippen molar-refractivity contribution in [2.75, 3.05) is 19.5 Å². The third kappa shape index (κ3) is 5.35. The molecule has 5 nitrogen and oxygen atoms in total. The van der Waals surface area contributed by atoms with E-state index in [0.717, 1.165) is 19.3 Å². The summed E-state index contributed by atoms with van der Waals surface area (Å²) in [5.41, 5.74) is 6.29. The lowest BCUT2D eigenvalue weighted by molar-refractivity contribution is 0.0596.